The van der Waals surface area contributed by atoms with Gasteiger partial charge in [0.05, 0.1) is 10.7 Å². The van der Waals surface area contributed by atoms with Gasteiger partial charge in [-0.1, -0.05) is 0 Å². The minimum absolute atomic E-state index is 0.730. The molecule has 0 amide bonds. The normalized spacial score (nSPS) is 19.8. The summed E-state index contributed by atoms with van der Waals surface area (Å²) in [4.78, 5) is 1.43. The van der Waals surface area contributed by atoms with Gasteiger partial charge in [0.25, 0.3) is 0 Å². The van der Waals surface area contributed by atoms with Crippen molar-refractivity contribution >= 4 is 27.5 Å². The van der Waals surface area contributed by atoms with Crippen molar-refractivity contribution in [3.05, 3.63) is 15.5 Å². The molecule has 1 saturated heterocycles. The van der Waals surface area contributed by atoms with Gasteiger partial charge in [0.2, 0.25) is 0 Å². The number of hydrogen-bond donors (Lipinski definition) is 1. The van der Waals surface area contributed by atoms with Crippen molar-refractivity contribution in [1.29, 1.82) is 0 Å². The molecule has 1 aromatic heterocycles. The highest BCUT2D eigenvalue weighted by Gasteiger charge is 2.18. The van der Waals surface area contributed by atoms with Crippen molar-refractivity contribution in [1.82, 2.24) is 9.69 Å². The van der Waals surface area contributed by atoms with Crippen LogP contribution in [0, 0.1) is 0 Å². The first kappa shape index (κ1) is 8.66. The Bertz CT molecular complexity index is 255. The molecule has 2 rings (SSSR count). The molecule has 1 aliphatic heterocycles. The van der Waals surface area contributed by atoms with Crippen molar-refractivity contribution in [3.63, 3.8) is 0 Å². The van der Waals surface area contributed by atoms with E-state index in [-0.39, 0.29) is 0 Å². The van der Waals surface area contributed by atoms with E-state index in [9.17, 15) is 0 Å². The molecule has 0 radical (unpaired) electrons. The van der Waals surface area contributed by atoms with Gasteiger partial charge in [0.15, 0.2) is 0 Å². The second-order valence-electron chi connectivity index (χ2n) is 3.06. The first-order valence-corrected chi connectivity index (χ1v) is 5.75. The lowest BCUT2D eigenvalue weighted by molar-refractivity contribution is 0.464. The van der Waals surface area contributed by atoms with Gasteiger partial charge in [-0.3, -0.25) is 0 Å². The molecule has 1 N–H and O–H groups in total. The smallest absolute Gasteiger partial charge is 0.0552 e. The molecule has 0 bridgehead atoms. The van der Waals surface area contributed by atoms with Crippen molar-refractivity contribution in [3.8, 4) is 0 Å². The molecule has 0 saturated carbocycles. The average molecular weight is 247 g/mol. The minimum Gasteiger partial charge on any atom is -0.317 e. The Kier molecular flexibility index (Phi) is 2.78. The molecule has 1 aromatic rings. The molecule has 0 aromatic carbocycles. The first-order valence-electron chi connectivity index (χ1n) is 4.18. The molecule has 2 heterocycles. The van der Waals surface area contributed by atoms with Crippen LogP contribution >= 0.6 is 27.5 Å². The van der Waals surface area contributed by atoms with Crippen molar-refractivity contribution < 1.29 is 0 Å². The summed E-state index contributed by atoms with van der Waals surface area (Å²) in [5, 5.41) is 3.37. The highest BCUT2D eigenvalue weighted by atomic mass is 79.9. The number of hydrogen-bond acceptors (Lipinski definition) is 3. The fourth-order valence-electron chi connectivity index (χ4n) is 1.59. The largest absolute Gasteiger partial charge is 0.317 e. The van der Waals surface area contributed by atoms with Gasteiger partial charge in [-0.05, 0) is 59.3 Å². The molecule has 1 fully saturated rings. The van der Waals surface area contributed by atoms with Crippen LogP contribution in [0.25, 0.3) is 0 Å². The summed E-state index contributed by atoms with van der Waals surface area (Å²) >= 11 is 5.16. The molecular formula is C8H11BrN2S. The maximum Gasteiger partial charge on any atom is 0.0552 e. The zero-order valence-corrected chi connectivity index (χ0v) is 9.12. The van der Waals surface area contributed by atoms with Gasteiger partial charge in [0.1, 0.15) is 0 Å². The molecule has 12 heavy (non-hydrogen) atoms. The van der Waals surface area contributed by atoms with Crippen LogP contribution in [0.15, 0.2) is 10.7 Å². The standard InChI is InChI=1S/C8H11BrN2S/c9-7-5-11-12-8(7)6-1-3-10-4-2-6/h5-6,10H,1-4H2. The summed E-state index contributed by atoms with van der Waals surface area (Å²) < 4.78 is 5.37. The molecular weight excluding hydrogens is 236 g/mol. The Morgan fingerprint density at radius 2 is 2.25 bits per heavy atom. The number of nitrogens with zero attached hydrogens (tertiary/aromatic N) is 1. The van der Waals surface area contributed by atoms with E-state index in [0.717, 1.165) is 19.0 Å². The van der Waals surface area contributed by atoms with E-state index >= 15 is 0 Å². The molecule has 0 spiro atoms. The highest BCUT2D eigenvalue weighted by Crippen LogP contribution is 2.33. The van der Waals surface area contributed by atoms with Crippen LogP contribution in [-0.2, 0) is 0 Å². The topological polar surface area (TPSA) is 24.9 Å². The SMILES string of the molecule is Brc1cnsc1C1CCNCC1. The number of halogens is 1. The fourth-order valence-corrected chi connectivity index (χ4v) is 3.17. The lowest BCUT2D eigenvalue weighted by atomic mass is 9.97. The van der Waals surface area contributed by atoms with Crippen molar-refractivity contribution in [2.24, 2.45) is 0 Å². The van der Waals surface area contributed by atoms with Crippen LogP contribution in [0.5, 0.6) is 0 Å². The Morgan fingerprint density at radius 3 is 2.83 bits per heavy atom. The predicted octanol–water partition coefficient (Wildman–Crippen LogP) is 2.37. The minimum atomic E-state index is 0.730. The van der Waals surface area contributed by atoms with E-state index in [1.807, 2.05) is 6.20 Å². The Morgan fingerprint density at radius 1 is 1.50 bits per heavy atom. The van der Waals surface area contributed by atoms with Crippen molar-refractivity contribution in [2.75, 3.05) is 13.1 Å². The van der Waals surface area contributed by atoms with Gasteiger partial charge < -0.3 is 5.32 Å². The third-order valence-electron chi connectivity index (χ3n) is 2.26. The maximum absolute atomic E-state index is 4.17. The molecule has 4 heteroatoms. The summed E-state index contributed by atoms with van der Waals surface area (Å²) in [5.74, 6) is 0.730. The Labute approximate surface area is 84.7 Å². The van der Waals surface area contributed by atoms with Crippen LogP contribution in [0.1, 0.15) is 23.6 Å². The second-order valence-corrected chi connectivity index (χ2v) is 4.75. The third kappa shape index (κ3) is 1.70. The Hall–Kier alpha value is 0.0700. The first-order chi connectivity index (χ1) is 5.88. The highest BCUT2D eigenvalue weighted by molar-refractivity contribution is 9.10. The quantitative estimate of drug-likeness (QED) is 0.824. The van der Waals surface area contributed by atoms with Crippen LogP contribution < -0.4 is 5.32 Å². The molecule has 0 atom stereocenters. The zero-order chi connectivity index (χ0) is 8.39. The molecule has 66 valence electrons. The monoisotopic (exact) mass is 246 g/mol. The summed E-state index contributed by atoms with van der Waals surface area (Å²) in [6, 6.07) is 0. The summed E-state index contributed by atoms with van der Waals surface area (Å²) in [7, 11) is 0. The number of nitrogens with one attached hydrogen (secondary N) is 1. The van der Waals surface area contributed by atoms with Crippen LogP contribution in [0.4, 0.5) is 0 Å². The molecule has 1 aliphatic rings. The van der Waals surface area contributed by atoms with Gasteiger partial charge >= 0.3 is 0 Å². The van der Waals surface area contributed by atoms with Crippen LogP contribution in [0.3, 0.4) is 0 Å². The van der Waals surface area contributed by atoms with Gasteiger partial charge in [-0.15, -0.1) is 0 Å². The van der Waals surface area contributed by atoms with E-state index in [4.69, 9.17) is 0 Å². The number of piperidine rings is 1. The summed E-state index contributed by atoms with van der Waals surface area (Å²) in [5.41, 5.74) is 0. The predicted molar refractivity (Wildman–Crippen MR) is 54.7 cm³/mol. The van der Waals surface area contributed by atoms with E-state index in [1.165, 1.54) is 22.2 Å². The van der Waals surface area contributed by atoms with E-state index in [1.54, 1.807) is 11.5 Å². The van der Waals surface area contributed by atoms with Crippen molar-refractivity contribution in [2.45, 2.75) is 18.8 Å². The van der Waals surface area contributed by atoms with Crippen LogP contribution in [-0.4, -0.2) is 17.5 Å². The zero-order valence-electron chi connectivity index (χ0n) is 6.72. The lowest BCUT2D eigenvalue weighted by Crippen LogP contribution is -2.26. The average Bonchev–Trinajstić information content (AvgIpc) is 2.53. The summed E-state index contributed by atoms with van der Waals surface area (Å²) in [6.45, 7) is 2.30. The second kappa shape index (κ2) is 3.85. The van der Waals surface area contributed by atoms with E-state index < -0.39 is 0 Å². The van der Waals surface area contributed by atoms with E-state index in [2.05, 4.69) is 25.6 Å². The molecule has 0 unspecified atom stereocenters. The number of aromatic nitrogens is 1. The third-order valence-corrected chi connectivity index (χ3v) is 4.12. The van der Waals surface area contributed by atoms with Gasteiger partial charge in [0, 0.05) is 4.88 Å². The van der Waals surface area contributed by atoms with E-state index in [0.29, 0.717) is 0 Å². The molecule has 2 nitrogen and oxygen atoms in total. The van der Waals surface area contributed by atoms with Crippen LogP contribution in [0.2, 0.25) is 0 Å². The lowest BCUT2D eigenvalue weighted by Gasteiger charge is -2.21. The fraction of sp³-hybridized carbons (Fsp3) is 0.625. The maximum atomic E-state index is 4.17. The number of rotatable bonds is 1. The molecule has 0 aliphatic carbocycles. The van der Waals surface area contributed by atoms with Gasteiger partial charge in [-0.25, -0.2) is 0 Å². The summed E-state index contributed by atoms with van der Waals surface area (Å²) in [6.07, 6.45) is 4.41. The van der Waals surface area contributed by atoms with Gasteiger partial charge in [-0.2, -0.15) is 4.37 Å². The Balaban J connectivity index is 2.13.